The van der Waals surface area contributed by atoms with E-state index in [-0.39, 0.29) is 11.7 Å². The molecule has 172 valence electrons. The Morgan fingerprint density at radius 1 is 1.24 bits per heavy atom. The Morgan fingerprint density at radius 2 is 2.00 bits per heavy atom. The van der Waals surface area contributed by atoms with Crippen LogP contribution in [-0.2, 0) is 9.53 Å². The molecule has 0 aliphatic carbocycles. The molecule has 1 fully saturated rings. The zero-order valence-electron chi connectivity index (χ0n) is 17.7. The summed E-state index contributed by atoms with van der Waals surface area (Å²) in [7, 11) is 0. The van der Waals surface area contributed by atoms with Gasteiger partial charge in [0.05, 0.1) is 35.9 Å². The summed E-state index contributed by atoms with van der Waals surface area (Å²) in [6, 6.07) is 11.6. The summed E-state index contributed by atoms with van der Waals surface area (Å²) < 4.78 is 39.5. The molecule has 1 saturated heterocycles. The molecule has 2 aliphatic rings. The van der Waals surface area contributed by atoms with Crippen LogP contribution in [0.2, 0.25) is 0 Å². The lowest BCUT2D eigenvalue weighted by Crippen LogP contribution is -2.44. The van der Waals surface area contributed by atoms with Crippen molar-refractivity contribution in [2.45, 2.75) is 19.6 Å². The maximum Gasteiger partial charge on any atom is 0.387 e. The van der Waals surface area contributed by atoms with Gasteiger partial charge in [0.15, 0.2) is 0 Å². The third kappa shape index (κ3) is 3.97. The Bertz CT molecular complexity index is 1250. The van der Waals surface area contributed by atoms with E-state index in [9.17, 15) is 13.6 Å². The second-order valence-electron chi connectivity index (χ2n) is 7.83. The second kappa shape index (κ2) is 8.75. The normalized spacial score (nSPS) is 18.5. The van der Waals surface area contributed by atoms with Crippen LogP contribution in [0.1, 0.15) is 18.5 Å². The Kier molecular flexibility index (Phi) is 5.79. The van der Waals surface area contributed by atoms with E-state index < -0.39 is 12.7 Å². The molecule has 33 heavy (non-hydrogen) atoms. The van der Waals surface area contributed by atoms with E-state index in [1.807, 2.05) is 28.8 Å². The number of aromatic nitrogens is 2. The van der Waals surface area contributed by atoms with Gasteiger partial charge >= 0.3 is 6.61 Å². The number of carbonyl (C=O) groups excluding carboxylic acids is 1. The highest BCUT2D eigenvalue weighted by Crippen LogP contribution is 2.43. The van der Waals surface area contributed by atoms with Gasteiger partial charge in [0.2, 0.25) is 5.95 Å². The number of allylic oxidation sites excluding steroid dienone is 1. The number of halogens is 3. The van der Waals surface area contributed by atoms with Crippen LogP contribution >= 0.6 is 15.9 Å². The van der Waals surface area contributed by atoms with Gasteiger partial charge in [-0.1, -0.05) is 28.1 Å². The van der Waals surface area contributed by atoms with Crippen molar-refractivity contribution in [2.24, 2.45) is 0 Å². The fraction of sp³-hybridized carbons (Fsp3) is 0.304. The van der Waals surface area contributed by atoms with Crippen LogP contribution in [0.25, 0.3) is 11.0 Å². The van der Waals surface area contributed by atoms with E-state index >= 15 is 0 Å². The van der Waals surface area contributed by atoms with Crippen LogP contribution < -0.4 is 10.1 Å². The molecule has 10 heteroatoms. The minimum absolute atomic E-state index is 0.00362. The third-order valence-electron chi connectivity index (χ3n) is 5.84. The minimum atomic E-state index is -3.01. The number of amides is 1. The Hall–Kier alpha value is -2.98. The molecule has 1 atom stereocenters. The van der Waals surface area contributed by atoms with E-state index in [4.69, 9.17) is 9.47 Å². The molecule has 0 saturated carbocycles. The number of carbonyl (C=O) groups is 1. The molecule has 2 aromatic carbocycles. The molecule has 1 amide bonds. The number of benzene rings is 2. The number of alkyl halides is 2. The molecule has 1 aromatic heterocycles. The van der Waals surface area contributed by atoms with Gasteiger partial charge in [-0.25, -0.2) is 4.98 Å². The van der Waals surface area contributed by atoms with Crippen LogP contribution in [-0.4, -0.2) is 53.3 Å². The van der Waals surface area contributed by atoms with Crippen LogP contribution in [0.4, 0.5) is 14.7 Å². The van der Waals surface area contributed by atoms with Crippen molar-refractivity contribution in [2.75, 3.05) is 31.6 Å². The topological polar surface area (TPSA) is 68.6 Å². The van der Waals surface area contributed by atoms with Crippen molar-refractivity contribution < 1.29 is 23.0 Å². The van der Waals surface area contributed by atoms with E-state index in [0.717, 1.165) is 11.0 Å². The highest BCUT2D eigenvalue weighted by Gasteiger charge is 2.38. The second-order valence-corrected chi connectivity index (χ2v) is 8.74. The van der Waals surface area contributed by atoms with Crippen molar-refractivity contribution in [1.82, 2.24) is 14.5 Å². The van der Waals surface area contributed by atoms with Crippen LogP contribution in [0.15, 0.2) is 58.2 Å². The highest BCUT2D eigenvalue weighted by molar-refractivity contribution is 9.10. The van der Waals surface area contributed by atoms with Gasteiger partial charge in [-0.3, -0.25) is 9.36 Å². The molecular weight excluding hydrogens is 498 g/mol. The number of nitrogens with zero attached hydrogens (tertiary/aromatic N) is 3. The lowest BCUT2D eigenvalue weighted by Gasteiger charge is -2.35. The van der Waals surface area contributed by atoms with Crippen LogP contribution in [0.5, 0.6) is 5.75 Å². The zero-order chi connectivity index (χ0) is 23.1. The van der Waals surface area contributed by atoms with Crippen molar-refractivity contribution in [3.05, 3.63) is 63.8 Å². The predicted octanol–water partition coefficient (Wildman–Crippen LogP) is 4.55. The number of ether oxygens (including phenoxy) is 2. The SMILES string of the molecule is CC1=C(C(=O)N2CCOCC2)[C@@H](c2cc(Br)ccc2OC(F)F)n2c(nc3ccccc32)N1. The molecule has 3 heterocycles. The first-order chi connectivity index (χ1) is 15.9. The van der Waals surface area contributed by atoms with Crippen LogP contribution in [0.3, 0.4) is 0 Å². The Balaban J connectivity index is 1.74. The van der Waals surface area contributed by atoms with Crippen molar-refractivity contribution in [3.63, 3.8) is 0 Å². The average Bonchev–Trinajstić information content (AvgIpc) is 3.17. The maximum atomic E-state index is 13.8. The number of fused-ring (bicyclic) bond motifs is 3. The summed E-state index contributed by atoms with van der Waals surface area (Å²) in [6.45, 7) is 0.610. The van der Waals surface area contributed by atoms with Crippen LogP contribution in [0, 0.1) is 0 Å². The smallest absolute Gasteiger partial charge is 0.387 e. The molecule has 0 unspecified atom stereocenters. The number of rotatable bonds is 4. The van der Waals surface area contributed by atoms with Gasteiger partial charge < -0.3 is 19.7 Å². The molecule has 0 spiro atoms. The van der Waals surface area contributed by atoms with Gasteiger partial charge in [0, 0.05) is 28.8 Å². The number of hydrogen-bond acceptors (Lipinski definition) is 5. The first-order valence-electron chi connectivity index (χ1n) is 10.5. The van der Waals surface area contributed by atoms with E-state index in [0.29, 0.717) is 53.6 Å². The van der Waals surface area contributed by atoms with Crippen molar-refractivity contribution >= 4 is 38.8 Å². The number of para-hydroxylation sites is 2. The first-order valence-corrected chi connectivity index (χ1v) is 11.3. The minimum Gasteiger partial charge on any atom is -0.434 e. The summed E-state index contributed by atoms with van der Waals surface area (Å²) >= 11 is 3.45. The lowest BCUT2D eigenvalue weighted by molar-refractivity contribution is -0.131. The molecular formula is C23H21BrF2N4O3. The third-order valence-corrected chi connectivity index (χ3v) is 6.34. The standard InChI is InChI=1S/C23H21BrF2N4O3/c1-13-19(21(31)29-8-10-32-11-9-29)20(15-12-14(24)6-7-18(15)33-22(25)26)30-17-5-3-2-4-16(17)28-23(30)27-13/h2-7,12,20,22H,8-11H2,1H3,(H,27,28)/t20-/m1/s1. The fourth-order valence-electron chi connectivity index (χ4n) is 4.41. The number of morpholine rings is 1. The van der Waals surface area contributed by atoms with E-state index in [2.05, 4.69) is 26.2 Å². The molecule has 0 radical (unpaired) electrons. The number of hydrogen-bond donors (Lipinski definition) is 1. The number of anilines is 1. The summed E-state index contributed by atoms with van der Waals surface area (Å²) in [5.41, 5.74) is 3.00. The average molecular weight is 519 g/mol. The summed E-state index contributed by atoms with van der Waals surface area (Å²) in [5.74, 6) is 0.351. The van der Waals surface area contributed by atoms with E-state index in [1.54, 1.807) is 24.0 Å². The predicted molar refractivity (Wildman–Crippen MR) is 122 cm³/mol. The largest absolute Gasteiger partial charge is 0.434 e. The number of imidazole rings is 1. The van der Waals surface area contributed by atoms with Gasteiger partial charge in [0.25, 0.3) is 5.91 Å². The molecule has 3 aromatic rings. The maximum absolute atomic E-state index is 13.8. The molecule has 2 aliphatic heterocycles. The van der Waals surface area contributed by atoms with E-state index in [1.165, 1.54) is 6.07 Å². The Labute approximate surface area is 197 Å². The molecule has 7 nitrogen and oxygen atoms in total. The van der Waals surface area contributed by atoms with Gasteiger partial charge in [-0.05, 0) is 37.3 Å². The first kappa shape index (κ1) is 21.8. The summed E-state index contributed by atoms with van der Waals surface area (Å²) in [6.07, 6.45) is 0. The van der Waals surface area contributed by atoms with Crippen molar-refractivity contribution in [3.8, 4) is 5.75 Å². The van der Waals surface area contributed by atoms with Crippen molar-refractivity contribution in [1.29, 1.82) is 0 Å². The lowest BCUT2D eigenvalue weighted by atomic mass is 9.93. The molecule has 0 bridgehead atoms. The quantitative estimate of drug-likeness (QED) is 0.548. The van der Waals surface area contributed by atoms with Gasteiger partial charge in [-0.15, -0.1) is 0 Å². The number of nitrogens with one attached hydrogen (secondary N) is 1. The monoisotopic (exact) mass is 518 g/mol. The molecule has 1 N–H and O–H groups in total. The highest BCUT2D eigenvalue weighted by atomic mass is 79.9. The zero-order valence-corrected chi connectivity index (χ0v) is 19.3. The summed E-state index contributed by atoms with van der Waals surface area (Å²) in [4.78, 5) is 20.2. The molecule has 5 rings (SSSR count). The Morgan fingerprint density at radius 3 is 2.76 bits per heavy atom. The van der Waals surface area contributed by atoms with Gasteiger partial charge in [-0.2, -0.15) is 8.78 Å². The fourth-order valence-corrected chi connectivity index (χ4v) is 4.79. The van der Waals surface area contributed by atoms with Gasteiger partial charge in [0.1, 0.15) is 5.75 Å². The summed E-state index contributed by atoms with van der Waals surface area (Å²) in [5, 5.41) is 3.25.